The second kappa shape index (κ2) is 22.6. The normalized spacial score (nSPS) is 5.83. The average molecular weight is 372 g/mol. The SMILES string of the molecule is C[CH-]CC.[Cl-].[Cl-].[Hf+4].c1cc[cH-]c1. The summed E-state index contributed by atoms with van der Waals surface area (Å²) in [5, 5.41) is 0. The van der Waals surface area contributed by atoms with E-state index in [1.165, 1.54) is 6.42 Å². The summed E-state index contributed by atoms with van der Waals surface area (Å²) in [6.45, 7) is 4.18. The van der Waals surface area contributed by atoms with Crippen molar-refractivity contribution in [2.75, 3.05) is 0 Å². The van der Waals surface area contributed by atoms with Crippen LogP contribution in [0.3, 0.4) is 0 Å². The van der Waals surface area contributed by atoms with Gasteiger partial charge in [-0.3, -0.25) is 0 Å². The molecule has 0 aliphatic carbocycles. The summed E-state index contributed by atoms with van der Waals surface area (Å²) in [5.41, 5.74) is 0. The van der Waals surface area contributed by atoms with Gasteiger partial charge in [0, 0.05) is 0 Å². The fraction of sp³-hybridized carbons (Fsp3) is 0.333. The molecule has 0 unspecified atom stereocenters. The van der Waals surface area contributed by atoms with Gasteiger partial charge in [0.05, 0.1) is 0 Å². The van der Waals surface area contributed by atoms with Gasteiger partial charge in [-0.15, -0.1) is 0 Å². The number of hydrogen-bond donors (Lipinski definition) is 0. The van der Waals surface area contributed by atoms with Crippen molar-refractivity contribution < 1.29 is 50.7 Å². The van der Waals surface area contributed by atoms with Gasteiger partial charge >= 0.3 is 25.8 Å². The van der Waals surface area contributed by atoms with Crippen LogP contribution in [-0.4, -0.2) is 0 Å². The van der Waals surface area contributed by atoms with Crippen LogP contribution in [0.2, 0.25) is 0 Å². The van der Waals surface area contributed by atoms with E-state index in [0.29, 0.717) is 0 Å². The van der Waals surface area contributed by atoms with E-state index < -0.39 is 0 Å². The van der Waals surface area contributed by atoms with E-state index in [1.54, 1.807) is 0 Å². The summed E-state index contributed by atoms with van der Waals surface area (Å²) in [4.78, 5) is 0. The van der Waals surface area contributed by atoms with Crippen molar-refractivity contribution in [1.82, 2.24) is 0 Å². The van der Waals surface area contributed by atoms with Crippen LogP contribution in [0, 0.1) is 6.42 Å². The third kappa shape index (κ3) is 22.4. The second-order valence-corrected chi connectivity index (χ2v) is 1.78. The van der Waals surface area contributed by atoms with Crippen LogP contribution in [0.4, 0.5) is 0 Å². The van der Waals surface area contributed by atoms with E-state index in [1.807, 2.05) is 30.3 Å². The molecule has 1 aromatic carbocycles. The van der Waals surface area contributed by atoms with Gasteiger partial charge in [-0.1, -0.05) is 6.92 Å². The Balaban J connectivity index is -0.0000000436. The molecule has 0 saturated carbocycles. The van der Waals surface area contributed by atoms with Crippen LogP contribution in [-0.2, 0) is 25.8 Å². The molecule has 0 heterocycles. The number of rotatable bonds is 1. The topological polar surface area (TPSA) is 0 Å². The molecule has 0 saturated heterocycles. The third-order valence-corrected chi connectivity index (χ3v) is 0.964. The van der Waals surface area contributed by atoms with Crippen LogP contribution in [0.5, 0.6) is 0 Å². The Morgan fingerprint density at radius 1 is 1.17 bits per heavy atom. The Labute approximate surface area is 107 Å². The van der Waals surface area contributed by atoms with E-state index in [0.717, 1.165) is 0 Å². The number of halogens is 2. The smallest absolute Gasteiger partial charge is 1.00 e. The molecule has 0 aliphatic heterocycles. The third-order valence-electron chi connectivity index (χ3n) is 0.964. The molecule has 12 heavy (non-hydrogen) atoms. The summed E-state index contributed by atoms with van der Waals surface area (Å²) in [5.74, 6) is 0. The minimum absolute atomic E-state index is 0. The van der Waals surface area contributed by atoms with Crippen LogP contribution >= 0.6 is 0 Å². The maximum absolute atomic E-state index is 2.12. The molecule has 0 nitrogen and oxygen atoms in total. The molecule has 3 heteroatoms. The summed E-state index contributed by atoms with van der Waals surface area (Å²) in [6, 6.07) is 10.0. The Kier molecular flexibility index (Phi) is 43.4. The van der Waals surface area contributed by atoms with Gasteiger partial charge in [-0.05, 0) is 0 Å². The molecule has 1 rings (SSSR count). The largest absolute Gasteiger partial charge is 4.00 e. The second-order valence-electron chi connectivity index (χ2n) is 1.78. The molecular weight excluding hydrogens is 357 g/mol. The van der Waals surface area contributed by atoms with Crippen LogP contribution in [0.25, 0.3) is 0 Å². The van der Waals surface area contributed by atoms with Crippen LogP contribution in [0.1, 0.15) is 20.3 Å². The van der Waals surface area contributed by atoms with Gasteiger partial charge in [-0.25, -0.2) is 12.1 Å². The van der Waals surface area contributed by atoms with Crippen molar-refractivity contribution in [3.8, 4) is 0 Å². The zero-order chi connectivity index (χ0) is 6.95. The molecule has 0 spiro atoms. The molecule has 0 aliphatic rings. The molecule has 0 radical (unpaired) electrons. The zero-order valence-corrected chi connectivity index (χ0v) is 12.5. The molecule has 0 amide bonds. The molecule has 0 bridgehead atoms. The molecule has 1 aromatic rings. The maximum Gasteiger partial charge on any atom is 4.00 e. The molecule has 0 aromatic heterocycles. The van der Waals surface area contributed by atoms with Crippen molar-refractivity contribution in [2.45, 2.75) is 20.3 Å². The van der Waals surface area contributed by atoms with Crippen LogP contribution < -0.4 is 24.8 Å². The molecule has 68 valence electrons. The Morgan fingerprint density at radius 2 is 1.50 bits per heavy atom. The first-order chi connectivity index (χ1) is 4.41. The monoisotopic (exact) mass is 372 g/mol. The van der Waals surface area contributed by atoms with E-state index in [2.05, 4.69) is 20.3 Å². The maximum atomic E-state index is 2.12. The standard InChI is InChI=1S/C5H5.C4H9.2ClH.Hf/c1-2-4-5-3-1;1-3-4-2;;;/h1-5H;3H,4H2,1-2H3;2*1H;/q2*-1;;;+4/p-2. The number of unbranched alkanes of at least 4 members (excludes halogenated alkanes) is 1. The van der Waals surface area contributed by atoms with Crippen molar-refractivity contribution in [1.29, 1.82) is 0 Å². The predicted molar refractivity (Wildman–Crippen MR) is 42.3 cm³/mol. The zero-order valence-electron chi connectivity index (χ0n) is 7.43. The van der Waals surface area contributed by atoms with Gasteiger partial charge in [0.25, 0.3) is 0 Å². The molecule has 0 N–H and O–H groups in total. The Bertz CT molecular complexity index is 88.1. The molecule has 0 atom stereocenters. The average Bonchev–Trinajstić information content (AvgIpc) is 2.43. The van der Waals surface area contributed by atoms with Crippen molar-refractivity contribution in [3.63, 3.8) is 0 Å². The van der Waals surface area contributed by atoms with Crippen molar-refractivity contribution in [2.24, 2.45) is 0 Å². The molecule has 0 fully saturated rings. The Hall–Kier alpha value is 0.800. The fourth-order valence-corrected chi connectivity index (χ4v) is 0.321. The summed E-state index contributed by atoms with van der Waals surface area (Å²) in [6.07, 6.45) is 3.32. The van der Waals surface area contributed by atoms with E-state index in [-0.39, 0.29) is 50.7 Å². The summed E-state index contributed by atoms with van der Waals surface area (Å²) in [7, 11) is 0. The fourth-order valence-electron chi connectivity index (χ4n) is 0.321. The predicted octanol–water partition coefficient (Wildman–Crippen LogP) is -2.97. The van der Waals surface area contributed by atoms with Crippen molar-refractivity contribution in [3.05, 3.63) is 36.8 Å². The first-order valence-corrected chi connectivity index (χ1v) is 3.36. The first kappa shape index (κ1) is 23.0. The minimum Gasteiger partial charge on any atom is -1.00 e. The minimum atomic E-state index is 0. The first-order valence-electron chi connectivity index (χ1n) is 3.36. The van der Waals surface area contributed by atoms with Gasteiger partial charge in [-0.2, -0.15) is 31.5 Å². The van der Waals surface area contributed by atoms with Gasteiger partial charge in [0.1, 0.15) is 0 Å². The number of hydrogen-bond acceptors (Lipinski definition) is 0. The van der Waals surface area contributed by atoms with Crippen molar-refractivity contribution >= 4 is 0 Å². The van der Waals surface area contributed by atoms with Crippen LogP contribution in [0.15, 0.2) is 30.3 Å². The van der Waals surface area contributed by atoms with Gasteiger partial charge in [0.2, 0.25) is 0 Å². The summed E-state index contributed by atoms with van der Waals surface area (Å²) >= 11 is 0. The molecular formula is C9H14Cl2Hf. The van der Waals surface area contributed by atoms with Gasteiger partial charge in [0.15, 0.2) is 0 Å². The Morgan fingerprint density at radius 3 is 1.58 bits per heavy atom. The quantitative estimate of drug-likeness (QED) is 0.365. The van der Waals surface area contributed by atoms with E-state index in [4.69, 9.17) is 0 Å². The summed E-state index contributed by atoms with van der Waals surface area (Å²) < 4.78 is 0. The van der Waals surface area contributed by atoms with E-state index in [9.17, 15) is 0 Å². The van der Waals surface area contributed by atoms with Gasteiger partial charge < -0.3 is 31.2 Å². The van der Waals surface area contributed by atoms with E-state index >= 15 is 0 Å².